The van der Waals surface area contributed by atoms with E-state index in [4.69, 9.17) is 11.6 Å². The molecular weight excluding hydrogens is 431 g/mol. The minimum Gasteiger partial charge on any atom is -0.406 e. The number of benzene rings is 1. The summed E-state index contributed by atoms with van der Waals surface area (Å²) in [6, 6.07) is 7.50. The predicted molar refractivity (Wildman–Crippen MR) is 99.6 cm³/mol. The molecule has 1 aromatic carbocycles. The largest absolute Gasteiger partial charge is 0.573 e. The average Bonchev–Trinajstić information content (AvgIpc) is 2.59. The highest BCUT2D eigenvalue weighted by Gasteiger charge is 2.40. The molecule has 1 saturated carbocycles. The zero-order valence-corrected chi connectivity index (χ0v) is 16.6. The Bertz CT molecular complexity index is 987. The maximum absolute atomic E-state index is 12.6. The summed E-state index contributed by atoms with van der Waals surface area (Å²) in [5, 5.41) is -0.254. The molecule has 1 heterocycles. The number of hydrogen-bond donors (Lipinski definition) is 0. The third-order valence-corrected chi connectivity index (χ3v) is 7.19. The van der Waals surface area contributed by atoms with Crippen LogP contribution >= 0.6 is 11.6 Å². The standard InChI is InChI=1S/C19H17ClF3NO4S/c20-13-5-6-17(24-11-13)18(25)7-4-12-8-16(9-12)29(26,27)15-3-1-2-14(10-15)28-19(21,22)23/h1-3,5-6,10-12,16H,4,7-9H2. The molecule has 5 nitrogen and oxygen atoms in total. The van der Waals surface area contributed by atoms with Crippen LogP contribution in [0.2, 0.25) is 5.02 Å². The van der Waals surface area contributed by atoms with E-state index in [1.54, 1.807) is 6.07 Å². The molecule has 0 saturated heterocycles. The molecule has 156 valence electrons. The van der Waals surface area contributed by atoms with Gasteiger partial charge in [0.05, 0.1) is 15.2 Å². The van der Waals surface area contributed by atoms with E-state index in [0.717, 1.165) is 12.1 Å². The SMILES string of the molecule is O=C(CCC1CC(S(=O)(=O)c2cccc(OC(F)(F)F)c2)C1)c1ccc(Cl)cn1. The first kappa shape index (κ1) is 21.6. The Kier molecular flexibility index (Phi) is 6.19. The van der Waals surface area contributed by atoms with Gasteiger partial charge < -0.3 is 4.74 Å². The van der Waals surface area contributed by atoms with Crippen LogP contribution in [-0.2, 0) is 9.84 Å². The van der Waals surface area contributed by atoms with Crippen molar-refractivity contribution < 1.29 is 31.1 Å². The Morgan fingerprint density at radius 3 is 2.55 bits per heavy atom. The summed E-state index contributed by atoms with van der Waals surface area (Å²) in [7, 11) is -3.77. The molecule has 1 aromatic heterocycles. The fourth-order valence-corrected chi connectivity index (χ4v) is 5.30. The molecule has 1 aliphatic carbocycles. The van der Waals surface area contributed by atoms with E-state index in [1.807, 2.05) is 0 Å². The normalized spacial score (nSPS) is 19.4. The smallest absolute Gasteiger partial charge is 0.406 e. The summed E-state index contributed by atoms with van der Waals surface area (Å²) >= 11 is 5.73. The van der Waals surface area contributed by atoms with Crippen LogP contribution in [0.4, 0.5) is 13.2 Å². The zero-order chi connectivity index (χ0) is 21.2. The lowest BCUT2D eigenvalue weighted by Gasteiger charge is -2.34. The first-order valence-corrected chi connectivity index (χ1v) is 10.7. The van der Waals surface area contributed by atoms with Gasteiger partial charge in [0.2, 0.25) is 0 Å². The molecule has 3 rings (SSSR count). The number of rotatable bonds is 7. The molecule has 0 spiro atoms. The Labute approximate surface area is 170 Å². The van der Waals surface area contributed by atoms with Crippen molar-refractivity contribution in [1.29, 1.82) is 0 Å². The predicted octanol–water partition coefficient (Wildman–Crippen LogP) is 4.85. The Hall–Kier alpha value is -2.13. The summed E-state index contributed by atoms with van der Waals surface area (Å²) in [5.74, 6) is -0.666. The van der Waals surface area contributed by atoms with Crippen molar-refractivity contribution >= 4 is 27.2 Å². The van der Waals surface area contributed by atoms with Crippen LogP contribution in [0.5, 0.6) is 5.75 Å². The number of Topliss-reactive ketones (excluding diaryl/α,β-unsaturated/α-hetero) is 1. The lowest BCUT2D eigenvalue weighted by molar-refractivity contribution is -0.274. The Morgan fingerprint density at radius 2 is 1.93 bits per heavy atom. The second kappa shape index (κ2) is 8.31. The number of nitrogens with zero attached hydrogens (tertiary/aromatic N) is 1. The van der Waals surface area contributed by atoms with E-state index in [2.05, 4.69) is 9.72 Å². The number of ketones is 1. The number of aromatic nitrogens is 1. The average molecular weight is 448 g/mol. The Balaban J connectivity index is 1.55. The van der Waals surface area contributed by atoms with Gasteiger partial charge in [-0.15, -0.1) is 13.2 Å². The number of carbonyl (C=O) groups is 1. The van der Waals surface area contributed by atoms with Gasteiger partial charge in [-0.25, -0.2) is 8.42 Å². The first-order valence-electron chi connectivity index (χ1n) is 8.79. The molecule has 1 fully saturated rings. The topological polar surface area (TPSA) is 73.3 Å². The van der Waals surface area contributed by atoms with Crippen LogP contribution in [0.1, 0.15) is 36.2 Å². The van der Waals surface area contributed by atoms with Crippen LogP contribution in [0.15, 0.2) is 47.5 Å². The molecular formula is C19H17ClF3NO4S. The molecule has 10 heteroatoms. The fourth-order valence-electron chi connectivity index (χ4n) is 3.21. The number of alkyl halides is 3. The number of ether oxygens (including phenoxy) is 1. The number of hydrogen-bond acceptors (Lipinski definition) is 5. The van der Waals surface area contributed by atoms with Gasteiger partial charge >= 0.3 is 6.36 Å². The van der Waals surface area contributed by atoms with Gasteiger partial charge in [-0.3, -0.25) is 9.78 Å². The maximum Gasteiger partial charge on any atom is 0.573 e. The number of carbonyl (C=O) groups excluding carboxylic acids is 1. The molecule has 0 unspecified atom stereocenters. The van der Waals surface area contributed by atoms with Gasteiger partial charge in [0, 0.05) is 12.6 Å². The third-order valence-electron chi connectivity index (χ3n) is 4.79. The maximum atomic E-state index is 12.6. The van der Waals surface area contributed by atoms with Crippen molar-refractivity contribution in [3.63, 3.8) is 0 Å². The van der Waals surface area contributed by atoms with Gasteiger partial charge in [0.15, 0.2) is 15.6 Å². The van der Waals surface area contributed by atoms with E-state index in [0.29, 0.717) is 30.0 Å². The highest BCUT2D eigenvalue weighted by molar-refractivity contribution is 7.92. The lowest BCUT2D eigenvalue weighted by Crippen LogP contribution is -2.36. The molecule has 0 N–H and O–H groups in total. The molecule has 1 aliphatic rings. The summed E-state index contributed by atoms with van der Waals surface area (Å²) in [4.78, 5) is 15.9. The highest BCUT2D eigenvalue weighted by atomic mass is 35.5. The minimum atomic E-state index is -4.89. The quantitative estimate of drug-likeness (QED) is 0.567. The second-order valence-corrected chi connectivity index (χ2v) is 9.52. The van der Waals surface area contributed by atoms with Crippen LogP contribution < -0.4 is 4.74 Å². The monoisotopic (exact) mass is 447 g/mol. The summed E-state index contributed by atoms with van der Waals surface area (Å²) < 4.78 is 66.1. The van der Waals surface area contributed by atoms with Crippen molar-refractivity contribution in [3.8, 4) is 5.75 Å². The molecule has 2 aromatic rings. The molecule has 0 amide bonds. The summed E-state index contributed by atoms with van der Waals surface area (Å²) in [6.07, 6.45) is -2.04. The van der Waals surface area contributed by atoms with Gasteiger partial charge in [-0.05, 0) is 55.5 Å². The highest BCUT2D eigenvalue weighted by Crippen LogP contribution is 2.39. The number of halogens is 4. The van der Waals surface area contributed by atoms with Gasteiger partial charge in [0.25, 0.3) is 0 Å². The second-order valence-electron chi connectivity index (χ2n) is 6.85. The minimum absolute atomic E-state index is 0.0561. The van der Waals surface area contributed by atoms with Crippen molar-refractivity contribution in [2.24, 2.45) is 5.92 Å². The van der Waals surface area contributed by atoms with E-state index < -0.39 is 27.2 Å². The van der Waals surface area contributed by atoms with Gasteiger partial charge in [-0.2, -0.15) is 0 Å². The lowest BCUT2D eigenvalue weighted by atomic mass is 9.81. The summed E-state index contributed by atoms with van der Waals surface area (Å²) in [5.41, 5.74) is 0.305. The van der Waals surface area contributed by atoms with Crippen LogP contribution in [0.3, 0.4) is 0 Å². The third kappa shape index (κ3) is 5.48. The van der Waals surface area contributed by atoms with E-state index >= 15 is 0 Å². The van der Waals surface area contributed by atoms with E-state index in [1.165, 1.54) is 24.4 Å². The van der Waals surface area contributed by atoms with Crippen LogP contribution in [-0.4, -0.2) is 30.8 Å². The number of sulfone groups is 1. The summed E-state index contributed by atoms with van der Waals surface area (Å²) in [6.45, 7) is 0. The van der Waals surface area contributed by atoms with Gasteiger partial charge in [0.1, 0.15) is 11.4 Å². The molecule has 0 aliphatic heterocycles. The Morgan fingerprint density at radius 1 is 1.21 bits per heavy atom. The molecule has 29 heavy (non-hydrogen) atoms. The van der Waals surface area contributed by atoms with Crippen molar-refractivity contribution in [3.05, 3.63) is 53.3 Å². The van der Waals surface area contributed by atoms with Crippen molar-refractivity contribution in [1.82, 2.24) is 4.98 Å². The zero-order valence-electron chi connectivity index (χ0n) is 15.0. The van der Waals surface area contributed by atoms with Crippen LogP contribution in [0, 0.1) is 5.92 Å². The number of pyridine rings is 1. The molecule has 0 radical (unpaired) electrons. The molecule has 0 atom stereocenters. The molecule has 0 bridgehead atoms. The first-order chi connectivity index (χ1) is 13.5. The van der Waals surface area contributed by atoms with Crippen molar-refractivity contribution in [2.45, 2.75) is 42.2 Å². The van der Waals surface area contributed by atoms with Crippen molar-refractivity contribution in [2.75, 3.05) is 0 Å². The van der Waals surface area contributed by atoms with E-state index in [9.17, 15) is 26.4 Å². The van der Waals surface area contributed by atoms with Gasteiger partial charge in [-0.1, -0.05) is 17.7 Å². The fraction of sp³-hybridized carbons (Fsp3) is 0.368. The van der Waals surface area contributed by atoms with E-state index in [-0.39, 0.29) is 23.0 Å². The van der Waals surface area contributed by atoms with Crippen LogP contribution in [0.25, 0.3) is 0 Å².